The minimum absolute atomic E-state index is 0.0889. The van der Waals surface area contributed by atoms with Gasteiger partial charge in [-0.05, 0) is 24.3 Å². The van der Waals surface area contributed by atoms with Crippen LogP contribution < -0.4 is 15.4 Å². The van der Waals surface area contributed by atoms with E-state index in [1.807, 2.05) is 4.90 Å². The predicted molar refractivity (Wildman–Crippen MR) is 126 cm³/mol. The quantitative estimate of drug-likeness (QED) is 0.533. The largest absolute Gasteiger partial charge is 0.462 e. The maximum Gasteiger partial charge on any atom is 0.268 e. The molecule has 3 aromatic rings. The second-order valence-electron chi connectivity index (χ2n) is 7.57. The monoisotopic (exact) mass is 486 g/mol. The van der Waals surface area contributed by atoms with Crippen molar-refractivity contribution in [3.8, 4) is 16.9 Å². The SMILES string of the molecule is C=CC(=O)N1CCN(c2c(-c3ccccc3OCF)c(C(N)=O)nc3ccc(Cl)c(F)c23)CC1. The number of hydrogen-bond donors (Lipinski definition) is 1. The van der Waals surface area contributed by atoms with E-state index in [0.29, 0.717) is 37.4 Å². The van der Waals surface area contributed by atoms with E-state index in [2.05, 4.69) is 11.6 Å². The maximum atomic E-state index is 15.5. The molecule has 1 aromatic heterocycles. The molecule has 0 aliphatic carbocycles. The predicted octanol–water partition coefficient (Wildman–Crippen LogP) is 3.93. The van der Waals surface area contributed by atoms with Gasteiger partial charge in [-0.1, -0.05) is 36.4 Å². The number of nitrogens with zero attached hydrogens (tertiary/aromatic N) is 3. The summed E-state index contributed by atoms with van der Waals surface area (Å²) in [5, 5.41) is -0.0341. The molecule has 7 nitrogen and oxygen atoms in total. The molecule has 34 heavy (non-hydrogen) atoms. The number of fused-ring (bicyclic) bond motifs is 1. The standard InChI is InChI=1S/C24H21ClF2N4O3/c1-2-18(32)30-9-11-31(12-10-30)23-19(14-5-3-4-6-17(14)34-13-26)22(24(28)33)29-16-8-7-15(25)21(27)20(16)23/h2-8H,1,9-13H2,(H2,28,33). The number of rotatable bonds is 6. The van der Waals surface area contributed by atoms with Crippen LogP contribution in [0.1, 0.15) is 10.5 Å². The number of piperazine rings is 1. The Hall–Kier alpha value is -3.72. The van der Waals surface area contributed by atoms with Gasteiger partial charge in [0.25, 0.3) is 5.91 Å². The van der Waals surface area contributed by atoms with E-state index < -0.39 is 18.6 Å². The first-order chi connectivity index (χ1) is 16.4. The summed E-state index contributed by atoms with van der Waals surface area (Å²) >= 11 is 6.11. The molecule has 0 atom stereocenters. The lowest BCUT2D eigenvalue weighted by molar-refractivity contribution is -0.126. The van der Waals surface area contributed by atoms with Gasteiger partial charge in [-0.15, -0.1) is 0 Å². The van der Waals surface area contributed by atoms with Crippen molar-refractivity contribution in [3.63, 3.8) is 0 Å². The summed E-state index contributed by atoms with van der Waals surface area (Å²) in [7, 11) is 0. The lowest BCUT2D eigenvalue weighted by Crippen LogP contribution is -2.48. The third-order valence-electron chi connectivity index (χ3n) is 5.70. The maximum absolute atomic E-state index is 15.5. The molecular formula is C24H21ClF2N4O3. The molecule has 4 rings (SSSR count). The molecule has 0 unspecified atom stereocenters. The molecule has 2 aromatic carbocycles. The van der Waals surface area contributed by atoms with Crippen LogP contribution in [0.25, 0.3) is 22.0 Å². The molecule has 0 radical (unpaired) electrons. The van der Waals surface area contributed by atoms with Crippen LogP contribution in [0.2, 0.25) is 5.02 Å². The number of para-hydroxylation sites is 1. The van der Waals surface area contributed by atoms with Crippen LogP contribution in [0.15, 0.2) is 49.1 Å². The smallest absolute Gasteiger partial charge is 0.268 e. The Kier molecular flexibility index (Phi) is 6.65. The number of ether oxygens (including phenoxy) is 1. The van der Waals surface area contributed by atoms with Crippen molar-refractivity contribution >= 4 is 40.0 Å². The van der Waals surface area contributed by atoms with Crippen molar-refractivity contribution in [2.75, 3.05) is 37.9 Å². The second kappa shape index (κ2) is 9.64. The van der Waals surface area contributed by atoms with Crippen LogP contribution in [0.4, 0.5) is 14.5 Å². The van der Waals surface area contributed by atoms with E-state index in [1.165, 1.54) is 24.3 Å². The van der Waals surface area contributed by atoms with Gasteiger partial charge >= 0.3 is 0 Å². The van der Waals surface area contributed by atoms with E-state index >= 15 is 4.39 Å². The molecule has 0 spiro atoms. The summed E-state index contributed by atoms with van der Waals surface area (Å²) in [6, 6.07) is 9.31. The Morgan fingerprint density at radius 3 is 2.53 bits per heavy atom. The van der Waals surface area contributed by atoms with E-state index in [4.69, 9.17) is 22.1 Å². The summed E-state index contributed by atoms with van der Waals surface area (Å²) in [5.74, 6) is -1.64. The van der Waals surface area contributed by atoms with Gasteiger partial charge in [0.05, 0.1) is 21.6 Å². The third-order valence-corrected chi connectivity index (χ3v) is 5.99. The van der Waals surface area contributed by atoms with Crippen LogP contribution >= 0.6 is 11.6 Å². The van der Waals surface area contributed by atoms with Crippen molar-refractivity contribution in [1.82, 2.24) is 9.88 Å². The van der Waals surface area contributed by atoms with Gasteiger partial charge in [0.1, 0.15) is 11.4 Å². The zero-order valence-electron chi connectivity index (χ0n) is 18.1. The molecule has 2 amide bonds. The zero-order chi connectivity index (χ0) is 24.4. The lowest BCUT2D eigenvalue weighted by atomic mass is 9.95. The molecule has 1 fully saturated rings. The van der Waals surface area contributed by atoms with E-state index in [1.54, 1.807) is 23.1 Å². The van der Waals surface area contributed by atoms with Crippen LogP contribution in [0.5, 0.6) is 5.75 Å². The highest BCUT2D eigenvalue weighted by molar-refractivity contribution is 6.32. The fourth-order valence-electron chi connectivity index (χ4n) is 4.16. The fourth-order valence-corrected chi connectivity index (χ4v) is 4.32. The van der Waals surface area contributed by atoms with Gasteiger partial charge in [0.2, 0.25) is 12.8 Å². The molecule has 1 aliphatic rings. The average Bonchev–Trinajstić information content (AvgIpc) is 2.85. The summed E-state index contributed by atoms with van der Waals surface area (Å²) in [6.07, 6.45) is 1.23. The Morgan fingerprint density at radius 2 is 1.88 bits per heavy atom. The van der Waals surface area contributed by atoms with Crippen LogP contribution in [0.3, 0.4) is 0 Å². The molecule has 0 saturated carbocycles. The summed E-state index contributed by atoms with van der Waals surface area (Å²) in [6.45, 7) is 3.72. The zero-order valence-corrected chi connectivity index (χ0v) is 18.8. The number of pyridine rings is 1. The number of benzene rings is 2. The van der Waals surface area contributed by atoms with E-state index in [0.717, 1.165) is 0 Å². The number of alkyl halides is 1. The van der Waals surface area contributed by atoms with Gasteiger partial charge in [-0.2, -0.15) is 0 Å². The normalized spacial score (nSPS) is 13.7. The van der Waals surface area contributed by atoms with Gasteiger partial charge in [0, 0.05) is 37.3 Å². The molecular weight excluding hydrogens is 466 g/mol. The average molecular weight is 487 g/mol. The number of halogens is 3. The summed E-state index contributed by atoms with van der Waals surface area (Å²) < 4.78 is 33.8. The van der Waals surface area contributed by atoms with Gasteiger partial charge in [-0.3, -0.25) is 9.59 Å². The Morgan fingerprint density at radius 1 is 1.18 bits per heavy atom. The van der Waals surface area contributed by atoms with E-state index in [9.17, 15) is 14.0 Å². The van der Waals surface area contributed by atoms with Crippen molar-refractivity contribution in [1.29, 1.82) is 0 Å². The first kappa shape index (κ1) is 23.4. The minimum atomic E-state index is -1.11. The molecule has 1 saturated heterocycles. The number of carbonyl (C=O) groups is 2. The van der Waals surface area contributed by atoms with Crippen molar-refractivity contribution in [2.45, 2.75) is 0 Å². The van der Waals surface area contributed by atoms with E-state index in [-0.39, 0.29) is 38.8 Å². The van der Waals surface area contributed by atoms with Crippen LogP contribution in [-0.2, 0) is 4.79 Å². The van der Waals surface area contributed by atoms with Gasteiger partial charge in [-0.25, -0.2) is 13.8 Å². The van der Waals surface area contributed by atoms with Gasteiger partial charge < -0.3 is 20.3 Å². The summed E-state index contributed by atoms with van der Waals surface area (Å²) in [4.78, 5) is 32.4. The molecule has 10 heteroatoms. The fraction of sp³-hybridized carbons (Fsp3) is 0.208. The second-order valence-corrected chi connectivity index (χ2v) is 7.98. The van der Waals surface area contributed by atoms with Crippen LogP contribution in [-0.4, -0.2) is 54.7 Å². The van der Waals surface area contributed by atoms with Crippen molar-refractivity contribution < 1.29 is 23.1 Å². The number of nitrogens with two attached hydrogens (primary N) is 1. The number of carbonyl (C=O) groups excluding carboxylic acids is 2. The Labute approximate surface area is 199 Å². The molecule has 1 aliphatic heterocycles. The first-order valence-electron chi connectivity index (χ1n) is 10.4. The molecule has 2 heterocycles. The summed E-state index contributed by atoms with van der Waals surface area (Å²) in [5.41, 5.74) is 6.60. The molecule has 176 valence electrons. The van der Waals surface area contributed by atoms with Crippen molar-refractivity contribution in [3.05, 3.63) is 65.6 Å². The Balaban J connectivity index is 2.03. The van der Waals surface area contributed by atoms with Gasteiger partial charge in [0.15, 0.2) is 5.82 Å². The number of anilines is 1. The first-order valence-corrected chi connectivity index (χ1v) is 10.8. The van der Waals surface area contributed by atoms with Crippen LogP contribution in [0, 0.1) is 5.82 Å². The molecule has 2 N–H and O–H groups in total. The molecule has 0 bridgehead atoms. The number of primary amides is 1. The number of amides is 2. The highest BCUT2D eigenvalue weighted by Crippen LogP contribution is 2.44. The highest BCUT2D eigenvalue weighted by atomic mass is 35.5. The third kappa shape index (κ3) is 4.14. The highest BCUT2D eigenvalue weighted by Gasteiger charge is 2.30. The number of aromatic nitrogens is 1. The minimum Gasteiger partial charge on any atom is -0.462 e. The Bertz CT molecular complexity index is 1290. The lowest BCUT2D eigenvalue weighted by Gasteiger charge is -2.37. The van der Waals surface area contributed by atoms with Crippen molar-refractivity contribution in [2.24, 2.45) is 5.73 Å². The topological polar surface area (TPSA) is 88.8 Å². The number of hydrogen-bond acceptors (Lipinski definition) is 5.